The van der Waals surface area contributed by atoms with Crippen LogP contribution in [0, 0.1) is 0 Å². The molecule has 0 spiro atoms. The zero-order valence-corrected chi connectivity index (χ0v) is 12.5. The summed E-state index contributed by atoms with van der Waals surface area (Å²) in [7, 11) is 0. The van der Waals surface area contributed by atoms with E-state index in [4.69, 9.17) is 5.73 Å². The lowest BCUT2D eigenvalue weighted by Crippen LogP contribution is -2.08. The third kappa shape index (κ3) is 3.64. The Labute approximate surface area is 119 Å². The Balaban J connectivity index is 2.11. The number of nitrogens with two attached hydrogens (primary N) is 1. The van der Waals surface area contributed by atoms with Crippen LogP contribution in [0.25, 0.3) is 11.3 Å². The number of aromatic nitrogens is 1. The maximum Gasteiger partial charge on any atom is 0.0973 e. The van der Waals surface area contributed by atoms with Gasteiger partial charge in [0.15, 0.2) is 0 Å². The summed E-state index contributed by atoms with van der Waals surface area (Å²) in [4.78, 5) is 4.68. The predicted octanol–water partition coefficient (Wildman–Crippen LogP) is 4.21. The van der Waals surface area contributed by atoms with Crippen molar-refractivity contribution in [2.45, 2.75) is 39.0 Å². The number of hydrogen-bond acceptors (Lipinski definition) is 3. The van der Waals surface area contributed by atoms with Gasteiger partial charge in [0.25, 0.3) is 0 Å². The highest BCUT2D eigenvalue weighted by Crippen LogP contribution is 2.26. The van der Waals surface area contributed by atoms with Crippen LogP contribution in [0.5, 0.6) is 0 Å². The molecule has 1 aromatic heterocycles. The van der Waals surface area contributed by atoms with E-state index in [1.807, 2.05) is 0 Å². The Bertz CT molecular complexity index is 502. The second kappa shape index (κ2) is 6.83. The third-order valence-corrected chi connectivity index (χ3v) is 4.44. The quantitative estimate of drug-likeness (QED) is 0.856. The van der Waals surface area contributed by atoms with Crippen molar-refractivity contribution in [1.82, 2.24) is 4.98 Å². The topological polar surface area (TPSA) is 38.9 Å². The normalized spacial score (nSPS) is 12.6. The average molecular weight is 274 g/mol. The molecule has 2 aromatic rings. The monoisotopic (exact) mass is 274 g/mol. The number of aryl methyl sites for hydroxylation is 1. The van der Waals surface area contributed by atoms with Gasteiger partial charge in [0, 0.05) is 23.4 Å². The third-order valence-electron chi connectivity index (χ3n) is 3.37. The SMILES string of the molecule is CCCCc1ccc(-c2csc(C(C)CN)n2)cc1. The van der Waals surface area contributed by atoms with Gasteiger partial charge in [-0.2, -0.15) is 0 Å². The first kappa shape index (κ1) is 14.2. The molecule has 0 radical (unpaired) electrons. The molecular formula is C16H22N2S. The lowest BCUT2D eigenvalue weighted by atomic mass is 10.1. The van der Waals surface area contributed by atoms with Gasteiger partial charge in [0.2, 0.25) is 0 Å². The van der Waals surface area contributed by atoms with Gasteiger partial charge < -0.3 is 5.73 Å². The van der Waals surface area contributed by atoms with E-state index in [0.29, 0.717) is 12.5 Å². The molecule has 0 saturated carbocycles. The Morgan fingerprint density at radius 3 is 2.63 bits per heavy atom. The summed E-state index contributed by atoms with van der Waals surface area (Å²) in [6.45, 7) is 5.00. The second-order valence-corrected chi connectivity index (χ2v) is 5.90. The van der Waals surface area contributed by atoms with Crippen LogP contribution in [-0.4, -0.2) is 11.5 Å². The van der Waals surface area contributed by atoms with E-state index >= 15 is 0 Å². The highest BCUT2D eigenvalue weighted by molar-refractivity contribution is 7.10. The molecule has 0 amide bonds. The van der Waals surface area contributed by atoms with E-state index < -0.39 is 0 Å². The maximum atomic E-state index is 5.69. The van der Waals surface area contributed by atoms with Crippen molar-refractivity contribution in [1.29, 1.82) is 0 Å². The molecular weight excluding hydrogens is 252 g/mol. The average Bonchev–Trinajstić information content (AvgIpc) is 2.94. The van der Waals surface area contributed by atoms with Crippen molar-refractivity contribution < 1.29 is 0 Å². The summed E-state index contributed by atoms with van der Waals surface area (Å²) in [6, 6.07) is 8.79. The smallest absolute Gasteiger partial charge is 0.0973 e. The van der Waals surface area contributed by atoms with Gasteiger partial charge in [-0.15, -0.1) is 11.3 Å². The van der Waals surface area contributed by atoms with E-state index in [0.717, 1.165) is 10.7 Å². The fourth-order valence-electron chi connectivity index (χ4n) is 1.97. The molecule has 0 saturated heterocycles. The Morgan fingerprint density at radius 1 is 1.26 bits per heavy atom. The highest BCUT2D eigenvalue weighted by atomic mass is 32.1. The summed E-state index contributed by atoms with van der Waals surface area (Å²) >= 11 is 1.70. The minimum absolute atomic E-state index is 0.350. The van der Waals surface area contributed by atoms with Crippen LogP contribution in [-0.2, 0) is 6.42 Å². The van der Waals surface area contributed by atoms with Crippen molar-refractivity contribution in [2.75, 3.05) is 6.54 Å². The summed E-state index contributed by atoms with van der Waals surface area (Å²) in [6.07, 6.45) is 3.67. The van der Waals surface area contributed by atoms with Gasteiger partial charge in [-0.3, -0.25) is 0 Å². The van der Waals surface area contributed by atoms with Crippen molar-refractivity contribution in [3.63, 3.8) is 0 Å². The van der Waals surface area contributed by atoms with Gasteiger partial charge in [-0.1, -0.05) is 44.5 Å². The van der Waals surface area contributed by atoms with Crippen molar-refractivity contribution >= 4 is 11.3 Å². The maximum absolute atomic E-state index is 5.69. The second-order valence-electron chi connectivity index (χ2n) is 5.01. The van der Waals surface area contributed by atoms with Gasteiger partial charge in [-0.05, 0) is 18.4 Å². The summed E-state index contributed by atoms with van der Waals surface area (Å²) in [5.74, 6) is 0.350. The molecule has 102 valence electrons. The van der Waals surface area contributed by atoms with E-state index in [1.54, 1.807) is 11.3 Å². The first-order chi connectivity index (χ1) is 9.24. The Hall–Kier alpha value is -1.19. The number of nitrogens with zero attached hydrogens (tertiary/aromatic N) is 1. The molecule has 2 nitrogen and oxygen atoms in total. The molecule has 1 unspecified atom stereocenters. The first-order valence-corrected chi connectivity index (χ1v) is 7.87. The number of hydrogen-bond donors (Lipinski definition) is 1. The van der Waals surface area contributed by atoms with E-state index in [-0.39, 0.29) is 0 Å². The summed E-state index contributed by atoms with van der Waals surface area (Å²) in [5, 5.41) is 3.26. The number of unbranched alkanes of at least 4 members (excludes halogenated alkanes) is 1. The number of benzene rings is 1. The molecule has 0 bridgehead atoms. The van der Waals surface area contributed by atoms with Gasteiger partial charge >= 0.3 is 0 Å². The van der Waals surface area contributed by atoms with Crippen molar-refractivity contribution in [3.8, 4) is 11.3 Å². The summed E-state index contributed by atoms with van der Waals surface area (Å²) in [5.41, 5.74) is 9.37. The fourth-order valence-corrected chi connectivity index (χ4v) is 2.87. The van der Waals surface area contributed by atoms with Gasteiger partial charge in [-0.25, -0.2) is 4.98 Å². The predicted molar refractivity (Wildman–Crippen MR) is 83.6 cm³/mol. The van der Waals surface area contributed by atoms with Crippen LogP contribution in [0.15, 0.2) is 29.6 Å². The van der Waals surface area contributed by atoms with E-state index in [9.17, 15) is 0 Å². The molecule has 0 aliphatic rings. The minimum atomic E-state index is 0.350. The standard InChI is InChI=1S/C16H22N2S/c1-3-4-5-13-6-8-14(9-7-13)15-11-19-16(18-15)12(2)10-17/h6-9,11-12H,3-5,10,17H2,1-2H3. The molecule has 0 aliphatic carbocycles. The molecule has 19 heavy (non-hydrogen) atoms. The van der Waals surface area contributed by atoms with E-state index in [2.05, 4.69) is 48.5 Å². The van der Waals surface area contributed by atoms with Gasteiger partial charge in [0.1, 0.15) is 0 Å². The summed E-state index contributed by atoms with van der Waals surface area (Å²) < 4.78 is 0. The zero-order valence-electron chi connectivity index (χ0n) is 11.7. The van der Waals surface area contributed by atoms with Crippen LogP contribution in [0.1, 0.15) is 43.2 Å². The number of thiazole rings is 1. The number of rotatable bonds is 6. The molecule has 3 heteroatoms. The first-order valence-electron chi connectivity index (χ1n) is 6.99. The van der Waals surface area contributed by atoms with Crippen LogP contribution >= 0.6 is 11.3 Å². The Kier molecular flexibility index (Phi) is 5.11. The lowest BCUT2D eigenvalue weighted by Gasteiger charge is -2.03. The zero-order chi connectivity index (χ0) is 13.7. The molecule has 2 rings (SSSR count). The molecule has 1 atom stereocenters. The van der Waals surface area contributed by atoms with Gasteiger partial charge in [0.05, 0.1) is 10.7 Å². The Morgan fingerprint density at radius 2 is 2.00 bits per heavy atom. The minimum Gasteiger partial charge on any atom is -0.330 e. The van der Waals surface area contributed by atoms with E-state index in [1.165, 1.54) is 30.4 Å². The fraction of sp³-hybridized carbons (Fsp3) is 0.438. The lowest BCUT2D eigenvalue weighted by molar-refractivity contribution is 0.766. The van der Waals surface area contributed by atoms with Crippen LogP contribution in [0.4, 0.5) is 0 Å². The van der Waals surface area contributed by atoms with Crippen molar-refractivity contribution in [3.05, 3.63) is 40.2 Å². The van der Waals surface area contributed by atoms with Crippen LogP contribution in [0.2, 0.25) is 0 Å². The highest BCUT2D eigenvalue weighted by Gasteiger charge is 2.09. The molecule has 2 N–H and O–H groups in total. The van der Waals surface area contributed by atoms with Crippen molar-refractivity contribution in [2.24, 2.45) is 5.73 Å². The molecule has 0 fully saturated rings. The molecule has 1 heterocycles. The largest absolute Gasteiger partial charge is 0.330 e. The molecule has 0 aliphatic heterocycles. The van der Waals surface area contributed by atoms with Crippen LogP contribution in [0.3, 0.4) is 0 Å². The van der Waals surface area contributed by atoms with Crippen LogP contribution < -0.4 is 5.73 Å². The molecule has 1 aromatic carbocycles.